The fourth-order valence-corrected chi connectivity index (χ4v) is 5.13. The number of likely N-dealkylation sites (tertiary alicyclic amines) is 1. The zero-order valence-electron chi connectivity index (χ0n) is 15.8. The highest BCUT2D eigenvalue weighted by molar-refractivity contribution is 7.99. The Kier molecular flexibility index (Phi) is 6.04. The molecule has 0 bridgehead atoms. The van der Waals surface area contributed by atoms with Crippen molar-refractivity contribution in [3.63, 3.8) is 0 Å². The van der Waals surface area contributed by atoms with Crippen molar-refractivity contribution in [3.05, 3.63) is 20.8 Å². The van der Waals surface area contributed by atoms with Crippen LogP contribution < -0.4 is 10.9 Å². The molecule has 0 saturated carbocycles. The van der Waals surface area contributed by atoms with Crippen LogP contribution in [-0.4, -0.2) is 51.8 Å². The van der Waals surface area contributed by atoms with Gasteiger partial charge in [0, 0.05) is 31.1 Å². The highest BCUT2D eigenvalue weighted by atomic mass is 32.2. The number of piperidine rings is 1. The van der Waals surface area contributed by atoms with Gasteiger partial charge in [0.25, 0.3) is 5.56 Å². The third-order valence-electron chi connectivity index (χ3n) is 5.10. The summed E-state index contributed by atoms with van der Waals surface area (Å²) >= 11 is 2.87. The highest BCUT2D eigenvalue weighted by Gasteiger charge is 2.20. The first kappa shape index (κ1) is 19.4. The van der Waals surface area contributed by atoms with Crippen LogP contribution >= 0.6 is 23.1 Å². The molecule has 2 aromatic rings. The summed E-state index contributed by atoms with van der Waals surface area (Å²) in [6.07, 6.45) is 2.00. The second kappa shape index (κ2) is 8.10. The number of carbonyl (C=O) groups excluding carboxylic acids is 1. The lowest BCUT2D eigenvalue weighted by Crippen LogP contribution is -2.45. The van der Waals surface area contributed by atoms with Crippen molar-refractivity contribution in [1.29, 1.82) is 0 Å². The summed E-state index contributed by atoms with van der Waals surface area (Å²) in [5.41, 5.74) is 0.970. The molecular weight excluding hydrogens is 368 g/mol. The predicted octanol–water partition coefficient (Wildman–Crippen LogP) is 2.30. The summed E-state index contributed by atoms with van der Waals surface area (Å²) in [6.45, 7) is 9.28. The monoisotopic (exact) mass is 394 g/mol. The number of nitrogens with one attached hydrogen (secondary N) is 1. The molecule has 1 aliphatic heterocycles. The second-order valence-corrected chi connectivity index (χ2v) is 8.93. The van der Waals surface area contributed by atoms with E-state index < -0.39 is 0 Å². The Morgan fingerprint density at radius 3 is 2.69 bits per heavy atom. The summed E-state index contributed by atoms with van der Waals surface area (Å²) in [5.74, 6) is 0.293. The van der Waals surface area contributed by atoms with Crippen LogP contribution in [0.1, 0.15) is 30.2 Å². The Labute approximate surface area is 162 Å². The van der Waals surface area contributed by atoms with Gasteiger partial charge in [-0.3, -0.25) is 14.2 Å². The number of hydrogen-bond donors (Lipinski definition) is 1. The average Bonchev–Trinajstić information content (AvgIpc) is 2.91. The normalized spacial score (nSPS) is 16.3. The van der Waals surface area contributed by atoms with E-state index in [0.29, 0.717) is 10.5 Å². The minimum Gasteiger partial charge on any atom is -0.353 e. The molecule has 1 aliphatic rings. The SMILES string of the molecule is CCN1CCC(NC(=O)CSc2nc3sc(C)c(C)c3c(=O)n2C)CC1. The second-order valence-electron chi connectivity index (χ2n) is 6.79. The van der Waals surface area contributed by atoms with E-state index in [9.17, 15) is 9.59 Å². The minimum atomic E-state index is -0.0355. The number of aromatic nitrogens is 2. The molecule has 1 saturated heterocycles. The van der Waals surface area contributed by atoms with Gasteiger partial charge >= 0.3 is 0 Å². The summed E-state index contributed by atoms with van der Waals surface area (Å²) in [4.78, 5) is 33.8. The molecule has 2 aromatic heterocycles. The van der Waals surface area contributed by atoms with Gasteiger partial charge in [-0.1, -0.05) is 18.7 Å². The van der Waals surface area contributed by atoms with Crippen LogP contribution in [0.3, 0.4) is 0 Å². The molecular formula is C18H26N4O2S2. The molecule has 3 heterocycles. The molecule has 1 N–H and O–H groups in total. The fraction of sp³-hybridized carbons (Fsp3) is 0.611. The van der Waals surface area contributed by atoms with Gasteiger partial charge in [0.15, 0.2) is 5.16 Å². The number of thiophene rings is 1. The maximum atomic E-state index is 12.6. The lowest BCUT2D eigenvalue weighted by molar-refractivity contribution is -0.119. The van der Waals surface area contributed by atoms with Crippen LogP contribution in [0.5, 0.6) is 0 Å². The summed E-state index contributed by atoms with van der Waals surface area (Å²) in [5, 5.41) is 4.42. The van der Waals surface area contributed by atoms with Crippen molar-refractivity contribution in [2.24, 2.45) is 7.05 Å². The number of fused-ring (bicyclic) bond motifs is 1. The minimum absolute atomic E-state index is 0.0119. The molecule has 1 fully saturated rings. The lowest BCUT2D eigenvalue weighted by Gasteiger charge is -2.31. The van der Waals surface area contributed by atoms with E-state index in [1.54, 1.807) is 11.6 Å². The van der Waals surface area contributed by atoms with E-state index in [2.05, 4.69) is 22.1 Å². The van der Waals surface area contributed by atoms with Crippen molar-refractivity contribution >= 4 is 39.2 Å². The molecule has 142 valence electrons. The number of rotatable bonds is 5. The van der Waals surface area contributed by atoms with E-state index >= 15 is 0 Å². The van der Waals surface area contributed by atoms with Gasteiger partial charge in [-0.05, 0) is 38.8 Å². The Hall–Kier alpha value is -1.38. The molecule has 3 rings (SSSR count). The zero-order chi connectivity index (χ0) is 18.8. The molecule has 26 heavy (non-hydrogen) atoms. The standard InChI is InChI=1S/C18H26N4O2S2/c1-5-22-8-6-13(7-9-22)19-14(23)10-25-18-20-16-15(17(24)21(18)4)11(2)12(3)26-16/h13H,5-10H2,1-4H3,(H,19,23). The molecule has 0 aliphatic carbocycles. The van der Waals surface area contributed by atoms with E-state index in [0.717, 1.165) is 47.7 Å². The van der Waals surface area contributed by atoms with Crippen molar-refractivity contribution in [2.75, 3.05) is 25.4 Å². The third kappa shape index (κ3) is 3.97. The average molecular weight is 395 g/mol. The summed E-state index contributed by atoms with van der Waals surface area (Å²) in [7, 11) is 1.72. The van der Waals surface area contributed by atoms with Crippen LogP contribution in [0.25, 0.3) is 10.2 Å². The molecule has 6 nitrogen and oxygen atoms in total. The largest absolute Gasteiger partial charge is 0.353 e. The van der Waals surface area contributed by atoms with Gasteiger partial charge in [-0.2, -0.15) is 0 Å². The van der Waals surface area contributed by atoms with Gasteiger partial charge < -0.3 is 10.2 Å². The zero-order valence-corrected chi connectivity index (χ0v) is 17.4. The van der Waals surface area contributed by atoms with Gasteiger partial charge in [0.2, 0.25) is 5.91 Å². The Morgan fingerprint density at radius 2 is 2.04 bits per heavy atom. The van der Waals surface area contributed by atoms with Crippen molar-refractivity contribution in [2.45, 2.75) is 44.8 Å². The van der Waals surface area contributed by atoms with Gasteiger partial charge in [-0.25, -0.2) is 4.98 Å². The van der Waals surface area contributed by atoms with Crippen LogP contribution in [0.15, 0.2) is 9.95 Å². The number of nitrogens with zero attached hydrogens (tertiary/aromatic N) is 3. The van der Waals surface area contributed by atoms with Crippen LogP contribution in [0.4, 0.5) is 0 Å². The topological polar surface area (TPSA) is 67.2 Å². The van der Waals surface area contributed by atoms with Crippen LogP contribution in [-0.2, 0) is 11.8 Å². The fourth-order valence-electron chi connectivity index (χ4n) is 3.28. The maximum Gasteiger partial charge on any atom is 0.262 e. The number of hydrogen-bond acceptors (Lipinski definition) is 6. The van der Waals surface area contributed by atoms with Crippen LogP contribution in [0, 0.1) is 13.8 Å². The van der Waals surface area contributed by atoms with Gasteiger partial charge in [0.1, 0.15) is 4.83 Å². The summed E-state index contributed by atoms with van der Waals surface area (Å²) in [6, 6.07) is 0.257. The van der Waals surface area contributed by atoms with Crippen molar-refractivity contribution in [1.82, 2.24) is 19.8 Å². The number of aryl methyl sites for hydroxylation is 2. The molecule has 0 radical (unpaired) electrons. The van der Waals surface area contributed by atoms with E-state index in [1.165, 1.54) is 23.1 Å². The first-order valence-electron chi connectivity index (χ1n) is 9.02. The van der Waals surface area contributed by atoms with E-state index in [4.69, 9.17) is 0 Å². The molecule has 0 unspecified atom stereocenters. The molecule has 8 heteroatoms. The summed E-state index contributed by atoms with van der Waals surface area (Å²) < 4.78 is 1.55. The van der Waals surface area contributed by atoms with Gasteiger partial charge in [-0.15, -0.1) is 11.3 Å². The molecule has 0 spiro atoms. The Bertz CT molecular complexity index is 866. The third-order valence-corrected chi connectivity index (χ3v) is 7.23. The number of amides is 1. The highest BCUT2D eigenvalue weighted by Crippen LogP contribution is 2.28. The van der Waals surface area contributed by atoms with Crippen LogP contribution in [0.2, 0.25) is 0 Å². The Balaban J connectivity index is 1.63. The molecule has 1 amide bonds. The first-order valence-corrected chi connectivity index (χ1v) is 10.8. The quantitative estimate of drug-likeness (QED) is 0.623. The van der Waals surface area contributed by atoms with Crippen molar-refractivity contribution < 1.29 is 4.79 Å². The lowest BCUT2D eigenvalue weighted by atomic mass is 10.1. The number of carbonyl (C=O) groups is 1. The number of thioether (sulfide) groups is 1. The predicted molar refractivity (Wildman–Crippen MR) is 108 cm³/mol. The van der Waals surface area contributed by atoms with Crippen molar-refractivity contribution in [3.8, 4) is 0 Å². The van der Waals surface area contributed by atoms with Gasteiger partial charge in [0.05, 0.1) is 11.1 Å². The van der Waals surface area contributed by atoms with E-state index in [-0.39, 0.29) is 23.3 Å². The van der Waals surface area contributed by atoms with E-state index in [1.807, 2.05) is 13.8 Å². The smallest absolute Gasteiger partial charge is 0.262 e. The first-order chi connectivity index (χ1) is 12.4. The Morgan fingerprint density at radius 1 is 1.35 bits per heavy atom. The molecule has 0 atom stereocenters. The molecule has 0 aromatic carbocycles. The maximum absolute atomic E-state index is 12.6.